The molecule has 0 aliphatic rings. The van der Waals surface area contributed by atoms with E-state index in [0.29, 0.717) is 17.4 Å². The summed E-state index contributed by atoms with van der Waals surface area (Å²) in [5, 5.41) is 9.63. The number of allylic oxidation sites excluding steroid dienone is 6. The average molecular weight is 990 g/mol. The first-order chi connectivity index (χ1) is 34.1. The molecule has 0 aliphatic carbocycles. The number of hydrogen-bond acceptors (Lipinski definition) is 7. The second-order valence-corrected chi connectivity index (χ2v) is 21.3. The summed E-state index contributed by atoms with van der Waals surface area (Å²) in [5.41, 5.74) is 0. The zero-order chi connectivity index (χ0) is 51.3. The highest BCUT2D eigenvalue weighted by atomic mass is 16.7. The van der Waals surface area contributed by atoms with Gasteiger partial charge in [0.15, 0.2) is 6.10 Å². The van der Waals surface area contributed by atoms with Gasteiger partial charge in [-0.1, -0.05) is 249 Å². The lowest BCUT2D eigenvalue weighted by molar-refractivity contribution is -0.870. The minimum Gasteiger partial charge on any atom is -0.477 e. The quantitative estimate of drug-likeness (QED) is 0.0211. The molecule has 0 spiro atoms. The Hall–Kier alpha value is -2.49. The number of rotatable bonds is 55. The van der Waals surface area contributed by atoms with Gasteiger partial charge in [-0.15, -0.1) is 0 Å². The number of carbonyl (C=O) groups is 3. The van der Waals surface area contributed by atoms with Crippen LogP contribution in [0.4, 0.5) is 0 Å². The summed E-state index contributed by atoms with van der Waals surface area (Å²) in [5.74, 6) is -2.00. The monoisotopic (exact) mass is 989 g/mol. The highest BCUT2D eigenvalue weighted by Gasteiger charge is 2.25. The van der Waals surface area contributed by atoms with Crippen molar-refractivity contribution < 1.29 is 42.9 Å². The normalized spacial score (nSPS) is 13.0. The average Bonchev–Trinajstić information content (AvgIpc) is 3.33. The molecule has 1 N–H and O–H groups in total. The maximum atomic E-state index is 12.8. The van der Waals surface area contributed by atoms with E-state index in [9.17, 15) is 19.5 Å². The number of hydrogen-bond donors (Lipinski definition) is 1. The van der Waals surface area contributed by atoms with Crippen molar-refractivity contribution in [2.45, 2.75) is 289 Å². The van der Waals surface area contributed by atoms with Crippen molar-refractivity contribution in [3.8, 4) is 0 Å². The Labute approximate surface area is 432 Å². The summed E-state index contributed by atoms with van der Waals surface area (Å²) in [7, 11) is 5.96. The van der Waals surface area contributed by atoms with E-state index in [1.807, 2.05) is 21.1 Å². The third-order valence-corrected chi connectivity index (χ3v) is 13.1. The molecule has 0 heterocycles. The van der Waals surface area contributed by atoms with E-state index in [1.165, 1.54) is 199 Å². The highest BCUT2D eigenvalue weighted by molar-refractivity contribution is 5.71. The van der Waals surface area contributed by atoms with Crippen LogP contribution in [-0.4, -0.2) is 87.4 Å². The molecule has 2 unspecified atom stereocenters. The molecule has 0 amide bonds. The third kappa shape index (κ3) is 53.3. The van der Waals surface area contributed by atoms with Crippen LogP contribution in [0.1, 0.15) is 277 Å². The maximum Gasteiger partial charge on any atom is 0.361 e. The van der Waals surface area contributed by atoms with Gasteiger partial charge in [-0.3, -0.25) is 9.59 Å². The molecular weight excluding hydrogens is 875 g/mol. The van der Waals surface area contributed by atoms with E-state index in [-0.39, 0.29) is 32.2 Å². The lowest BCUT2D eigenvalue weighted by Gasteiger charge is -2.25. The molecule has 2 atom stereocenters. The van der Waals surface area contributed by atoms with Crippen molar-refractivity contribution in [1.82, 2.24) is 0 Å². The standard InChI is InChI=1S/C61H113NO8/c1-6-8-10-12-14-15-16-17-18-19-20-21-22-23-24-25-26-27-28-29-30-31-32-33-34-35-36-37-38-39-40-41-42-43-44-45-46-48-50-52-59(64)70-57(55-68-58(63)51-49-47-13-11-9-7-2)56-69-61(60(65)66)67-54-53-62(3,4)5/h16-17,19-20,22-23,57,61H,6-15,18,21,24-56H2,1-5H3/p+1/b17-16-,20-19-,23-22-. The van der Waals surface area contributed by atoms with E-state index >= 15 is 0 Å². The Bertz CT molecular complexity index is 1240. The first kappa shape index (κ1) is 67.5. The van der Waals surface area contributed by atoms with Gasteiger partial charge >= 0.3 is 17.9 Å². The molecule has 0 aromatic carbocycles. The summed E-state index contributed by atoms with van der Waals surface area (Å²) in [6, 6.07) is 0. The molecule has 0 aliphatic heterocycles. The third-order valence-electron chi connectivity index (χ3n) is 13.1. The van der Waals surface area contributed by atoms with E-state index in [0.717, 1.165) is 51.4 Å². The zero-order valence-corrected chi connectivity index (χ0v) is 46.7. The second-order valence-electron chi connectivity index (χ2n) is 21.3. The van der Waals surface area contributed by atoms with Gasteiger partial charge in [0, 0.05) is 12.8 Å². The molecule has 0 bridgehead atoms. The number of carboxylic acid groups (broad SMARTS) is 1. The van der Waals surface area contributed by atoms with Gasteiger partial charge in [-0.25, -0.2) is 4.79 Å². The Morgan fingerprint density at radius 2 is 0.771 bits per heavy atom. The van der Waals surface area contributed by atoms with Gasteiger partial charge < -0.3 is 28.5 Å². The Morgan fingerprint density at radius 3 is 1.14 bits per heavy atom. The van der Waals surface area contributed by atoms with Crippen LogP contribution in [0.2, 0.25) is 0 Å². The van der Waals surface area contributed by atoms with Crippen LogP contribution >= 0.6 is 0 Å². The Morgan fingerprint density at radius 1 is 0.429 bits per heavy atom. The molecule has 0 saturated carbocycles. The molecule has 0 aromatic heterocycles. The van der Waals surface area contributed by atoms with Crippen LogP contribution in [-0.2, 0) is 33.3 Å². The lowest BCUT2D eigenvalue weighted by Crippen LogP contribution is -2.40. The van der Waals surface area contributed by atoms with Crippen LogP contribution in [0, 0.1) is 0 Å². The summed E-state index contributed by atoms with van der Waals surface area (Å²) < 4.78 is 22.7. The smallest absolute Gasteiger partial charge is 0.361 e. The minimum absolute atomic E-state index is 0.178. The summed E-state index contributed by atoms with van der Waals surface area (Å²) in [4.78, 5) is 37.0. The van der Waals surface area contributed by atoms with Crippen molar-refractivity contribution in [3.63, 3.8) is 0 Å². The van der Waals surface area contributed by atoms with Gasteiger partial charge in [-0.2, -0.15) is 0 Å². The fraction of sp³-hybridized carbons (Fsp3) is 0.852. The van der Waals surface area contributed by atoms with Gasteiger partial charge in [0.05, 0.1) is 34.4 Å². The molecule has 0 aromatic rings. The lowest BCUT2D eigenvalue weighted by atomic mass is 10.0. The van der Waals surface area contributed by atoms with Crippen LogP contribution in [0.25, 0.3) is 0 Å². The topological polar surface area (TPSA) is 108 Å². The number of likely N-dealkylation sites (N-methyl/N-ethyl adjacent to an activating group) is 1. The Kier molecular flexibility index (Phi) is 50.9. The number of esters is 2. The molecular formula is C61H114NO8+. The van der Waals surface area contributed by atoms with E-state index < -0.39 is 24.3 Å². The number of aliphatic carboxylic acids is 1. The number of carbonyl (C=O) groups excluding carboxylic acids is 2. The summed E-state index contributed by atoms with van der Waals surface area (Å²) in [6.45, 7) is 4.82. The number of carboxylic acids is 1. The van der Waals surface area contributed by atoms with Crippen LogP contribution in [0.15, 0.2) is 36.5 Å². The number of unbranched alkanes of at least 4 members (excludes halogenated alkanes) is 34. The SMILES string of the molecule is CCCCCCC/C=C\C/C=C\C/C=C\CCCCCCCCCCCCCCCCCCCCCCCCCCC(=O)OC(COC(=O)CCCCCCCC)COC(OCC[N+](C)(C)C)C(=O)O. The van der Waals surface area contributed by atoms with Crippen LogP contribution < -0.4 is 0 Å². The first-order valence-electron chi connectivity index (χ1n) is 29.7. The van der Waals surface area contributed by atoms with Crippen LogP contribution in [0.5, 0.6) is 0 Å². The van der Waals surface area contributed by atoms with E-state index in [2.05, 4.69) is 50.3 Å². The predicted molar refractivity (Wildman–Crippen MR) is 295 cm³/mol. The van der Waals surface area contributed by atoms with Gasteiger partial charge in [-0.05, 0) is 51.4 Å². The van der Waals surface area contributed by atoms with Gasteiger partial charge in [0.25, 0.3) is 6.29 Å². The number of quaternary nitrogens is 1. The maximum absolute atomic E-state index is 12.8. The first-order valence-corrected chi connectivity index (χ1v) is 29.7. The van der Waals surface area contributed by atoms with E-state index in [4.69, 9.17) is 18.9 Å². The van der Waals surface area contributed by atoms with Crippen molar-refractivity contribution in [3.05, 3.63) is 36.5 Å². The molecule has 0 fully saturated rings. The molecule has 9 heteroatoms. The molecule has 0 saturated heterocycles. The second kappa shape index (κ2) is 52.8. The van der Waals surface area contributed by atoms with Crippen molar-refractivity contribution in [2.75, 3.05) is 47.5 Å². The van der Waals surface area contributed by atoms with Crippen molar-refractivity contribution in [2.24, 2.45) is 0 Å². The largest absolute Gasteiger partial charge is 0.477 e. The molecule has 9 nitrogen and oxygen atoms in total. The fourth-order valence-electron chi connectivity index (χ4n) is 8.55. The number of nitrogens with zero attached hydrogens (tertiary/aromatic N) is 1. The molecule has 410 valence electrons. The van der Waals surface area contributed by atoms with Crippen LogP contribution in [0.3, 0.4) is 0 Å². The Balaban J connectivity index is 3.80. The van der Waals surface area contributed by atoms with E-state index in [1.54, 1.807) is 0 Å². The minimum atomic E-state index is -1.50. The molecule has 70 heavy (non-hydrogen) atoms. The highest BCUT2D eigenvalue weighted by Crippen LogP contribution is 2.17. The summed E-state index contributed by atoms with van der Waals surface area (Å²) >= 11 is 0. The van der Waals surface area contributed by atoms with Gasteiger partial charge in [0.2, 0.25) is 0 Å². The van der Waals surface area contributed by atoms with Crippen molar-refractivity contribution in [1.29, 1.82) is 0 Å². The molecule has 0 radical (unpaired) electrons. The van der Waals surface area contributed by atoms with Gasteiger partial charge in [0.1, 0.15) is 13.2 Å². The molecule has 0 rings (SSSR count). The predicted octanol–water partition coefficient (Wildman–Crippen LogP) is 17.3. The zero-order valence-electron chi connectivity index (χ0n) is 46.7. The van der Waals surface area contributed by atoms with Crippen molar-refractivity contribution >= 4 is 17.9 Å². The summed E-state index contributed by atoms with van der Waals surface area (Å²) in [6.07, 6.45) is 61.6. The number of ether oxygens (including phenoxy) is 4. The fourth-order valence-corrected chi connectivity index (χ4v) is 8.55.